The van der Waals surface area contributed by atoms with Gasteiger partial charge in [-0.3, -0.25) is 4.79 Å². The molecule has 4 nitrogen and oxygen atoms in total. The summed E-state index contributed by atoms with van der Waals surface area (Å²) >= 11 is 0. The first kappa shape index (κ1) is 15.9. The van der Waals surface area contributed by atoms with E-state index in [0.717, 1.165) is 31.2 Å². The van der Waals surface area contributed by atoms with Crippen molar-refractivity contribution in [1.29, 1.82) is 0 Å². The molecule has 0 saturated heterocycles. The van der Waals surface area contributed by atoms with Gasteiger partial charge >= 0.3 is 0 Å². The van der Waals surface area contributed by atoms with E-state index < -0.39 is 5.82 Å². The average molecular weight is 294 g/mol. The third-order valence-corrected chi connectivity index (χ3v) is 3.90. The van der Waals surface area contributed by atoms with Gasteiger partial charge in [0.25, 0.3) is 5.91 Å². The maximum Gasteiger partial charge on any atom is 0.251 e. The lowest BCUT2D eigenvalue weighted by molar-refractivity contribution is 0.0267. The predicted octanol–water partition coefficient (Wildman–Crippen LogP) is 2.15. The van der Waals surface area contributed by atoms with Crippen molar-refractivity contribution in [2.75, 3.05) is 13.2 Å². The van der Waals surface area contributed by atoms with Crippen LogP contribution in [0.2, 0.25) is 0 Å². The van der Waals surface area contributed by atoms with E-state index >= 15 is 0 Å². The van der Waals surface area contributed by atoms with Crippen LogP contribution < -0.4 is 11.1 Å². The largest absolute Gasteiger partial charge is 0.376 e. The van der Waals surface area contributed by atoms with Crippen LogP contribution >= 0.6 is 0 Å². The van der Waals surface area contributed by atoms with Crippen LogP contribution in [0.4, 0.5) is 4.39 Å². The first-order valence-corrected chi connectivity index (χ1v) is 7.48. The molecule has 5 heteroatoms. The monoisotopic (exact) mass is 294 g/mol. The van der Waals surface area contributed by atoms with E-state index in [1.165, 1.54) is 12.1 Å². The highest BCUT2D eigenvalue weighted by molar-refractivity contribution is 5.95. The van der Waals surface area contributed by atoms with Crippen molar-refractivity contribution in [2.45, 2.75) is 44.8 Å². The maximum atomic E-state index is 13.2. The van der Waals surface area contributed by atoms with Crippen molar-refractivity contribution >= 4 is 5.91 Å². The zero-order valence-corrected chi connectivity index (χ0v) is 12.4. The molecule has 1 saturated carbocycles. The number of hydrogen-bond donors (Lipinski definition) is 2. The molecule has 1 aliphatic rings. The van der Waals surface area contributed by atoms with Crippen LogP contribution in [0, 0.1) is 12.7 Å². The number of aryl methyl sites for hydroxylation is 1. The minimum absolute atomic E-state index is 0.248. The van der Waals surface area contributed by atoms with Gasteiger partial charge in [0, 0.05) is 18.2 Å². The normalized spacial score (nSPS) is 22.0. The Morgan fingerprint density at radius 1 is 1.38 bits per heavy atom. The van der Waals surface area contributed by atoms with Gasteiger partial charge < -0.3 is 15.8 Å². The van der Waals surface area contributed by atoms with E-state index in [-0.39, 0.29) is 12.0 Å². The number of amides is 1. The summed E-state index contributed by atoms with van der Waals surface area (Å²) in [5.41, 5.74) is 6.97. The summed E-state index contributed by atoms with van der Waals surface area (Å²) in [6.07, 6.45) is 4.22. The van der Waals surface area contributed by atoms with E-state index in [0.29, 0.717) is 24.8 Å². The third-order valence-electron chi connectivity index (χ3n) is 3.90. The zero-order chi connectivity index (χ0) is 15.2. The van der Waals surface area contributed by atoms with Crippen molar-refractivity contribution in [3.05, 3.63) is 35.1 Å². The standard InChI is InChI=1S/C16H23FN2O2/c1-11-2-3-12(17)10-15(11)16(20)19-8-9-21-14-6-4-13(18)5-7-14/h2-3,10,13-14H,4-9,18H2,1H3,(H,19,20). The highest BCUT2D eigenvalue weighted by atomic mass is 19.1. The first-order chi connectivity index (χ1) is 10.1. The van der Waals surface area contributed by atoms with Crippen LogP contribution in [0.25, 0.3) is 0 Å². The van der Waals surface area contributed by atoms with Crippen molar-refractivity contribution in [2.24, 2.45) is 5.73 Å². The molecular formula is C16H23FN2O2. The van der Waals surface area contributed by atoms with Gasteiger partial charge in [-0.1, -0.05) is 6.07 Å². The molecule has 1 aliphatic carbocycles. The molecule has 0 bridgehead atoms. The Morgan fingerprint density at radius 3 is 2.81 bits per heavy atom. The van der Waals surface area contributed by atoms with Crippen LogP contribution in [0.15, 0.2) is 18.2 Å². The fourth-order valence-corrected chi connectivity index (χ4v) is 2.58. The molecule has 0 heterocycles. The lowest BCUT2D eigenvalue weighted by Crippen LogP contribution is -2.33. The lowest BCUT2D eigenvalue weighted by Gasteiger charge is -2.26. The Morgan fingerprint density at radius 2 is 2.10 bits per heavy atom. The number of carbonyl (C=O) groups is 1. The number of hydrogen-bond acceptors (Lipinski definition) is 3. The second kappa shape index (κ2) is 7.52. The molecule has 1 fully saturated rings. The third kappa shape index (κ3) is 4.79. The number of carbonyl (C=O) groups excluding carboxylic acids is 1. The van der Waals surface area contributed by atoms with Crippen molar-refractivity contribution in [3.63, 3.8) is 0 Å². The Kier molecular flexibility index (Phi) is 5.70. The molecule has 0 radical (unpaired) electrons. The molecule has 1 aromatic carbocycles. The summed E-state index contributed by atoms with van der Waals surface area (Å²) in [5, 5.41) is 2.76. The Balaban J connectivity index is 1.71. The Bertz CT molecular complexity index is 485. The number of rotatable bonds is 5. The van der Waals surface area contributed by atoms with Crippen LogP contribution in [-0.2, 0) is 4.74 Å². The van der Waals surface area contributed by atoms with Crippen molar-refractivity contribution in [1.82, 2.24) is 5.32 Å². The molecular weight excluding hydrogens is 271 g/mol. The summed E-state index contributed by atoms with van der Waals surface area (Å²) in [6, 6.07) is 4.52. The van der Waals surface area contributed by atoms with Crippen LogP contribution in [-0.4, -0.2) is 31.2 Å². The molecule has 1 aromatic rings. The van der Waals surface area contributed by atoms with Crippen LogP contribution in [0.1, 0.15) is 41.6 Å². The highest BCUT2D eigenvalue weighted by Crippen LogP contribution is 2.19. The average Bonchev–Trinajstić information content (AvgIpc) is 2.47. The SMILES string of the molecule is Cc1ccc(F)cc1C(=O)NCCOC1CCC(N)CC1. The summed E-state index contributed by atoms with van der Waals surface area (Å²) in [5.74, 6) is -0.665. The minimum atomic E-state index is -0.402. The van der Waals surface area contributed by atoms with E-state index in [4.69, 9.17) is 10.5 Å². The molecule has 3 N–H and O–H groups in total. The number of nitrogens with one attached hydrogen (secondary N) is 1. The van der Waals surface area contributed by atoms with Gasteiger partial charge in [0.1, 0.15) is 5.82 Å². The van der Waals surface area contributed by atoms with Gasteiger partial charge in [-0.05, 0) is 50.3 Å². The van der Waals surface area contributed by atoms with Crippen LogP contribution in [0.5, 0.6) is 0 Å². The van der Waals surface area contributed by atoms with Crippen molar-refractivity contribution in [3.8, 4) is 0 Å². The molecule has 2 rings (SSSR count). The van der Waals surface area contributed by atoms with Gasteiger partial charge in [-0.25, -0.2) is 4.39 Å². The fourth-order valence-electron chi connectivity index (χ4n) is 2.58. The molecule has 0 aliphatic heterocycles. The van der Waals surface area contributed by atoms with E-state index in [9.17, 15) is 9.18 Å². The molecule has 21 heavy (non-hydrogen) atoms. The zero-order valence-electron chi connectivity index (χ0n) is 12.4. The van der Waals surface area contributed by atoms with E-state index in [1.54, 1.807) is 13.0 Å². The summed E-state index contributed by atoms with van der Waals surface area (Å²) in [6.45, 7) is 2.69. The smallest absolute Gasteiger partial charge is 0.251 e. The molecule has 1 amide bonds. The first-order valence-electron chi connectivity index (χ1n) is 7.48. The van der Waals surface area contributed by atoms with Gasteiger partial charge in [-0.2, -0.15) is 0 Å². The second-order valence-electron chi connectivity index (χ2n) is 5.62. The van der Waals surface area contributed by atoms with E-state index in [2.05, 4.69) is 5.32 Å². The number of nitrogens with two attached hydrogens (primary N) is 1. The topological polar surface area (TPSA) is 64.3 Å². The Labute approximate surface area is 124 Å². The molecule has 0 aromatic heterocycles. The Hall–Kier alpha value is -1.46. The van der Waals surface area contributed by atoms with Gasteiger partial charge in [-0.15, -0.1) is 0 Å². The molecule has 0 unspecified atom stereocenters. The molecule has 116 valence electrons. The summed E-state index contributed by atoms with van der Waals surface area (Å²) in [4.78, 5) is 12.0. The number of ether oxygens (including phenoxy) is 1. The summed E-state index contributed by atoms with van der Waals surface area (Å²) < 4.78 is 18.9. The van der Waals surface area contributed by atoms with Gasteiger partial charge in [0.15, 0.2) is 0 Å². The van der Waals surface area contributed by atoms with Gasteiger partial charge in [0.2, 0.25) is 0 Å². The highest BCUT2D eigenvalue weighted by Gasteiger charge is 2.18. The predicted molar refractivity (Wildman–Crippen MR) is 79.7 cm³/mol. The lowest BCUT2D eigenvalue weighted by atomic mass is 9.94. The molecule has 0 atom stereocenters. The van der Waals surface area contributed by atoms with Crippen LogP contribution in [0.3, 0.4) is 0 Å². The maximum absolute atomic E-state index is 13.2. The summed E-state index contributed by atoms with van der Waals surface area (Å²) in [7, 11) is 0. The minimum Gasteiger partial charge on any atom is -0.376 e. The fraction of sp³-hybridized carbons (Fsp3) is 0.562. The van der Waals surface area contributed by atoms with Gasteiger partial charge in [0.05, 0.1) is 12.7 Å². The number of halogens is 1. The number of benzene rings is 1. The van der Waals surface area contributed by atoms with E-state index in [1.807, 2.05) is 0 Å². The van der Waals surface area contributed by atoms with Crippen molar-refractivity contribution < 1.29 is 13.9 Å². The second-order valence-corrected chi connectivity index (χ2v) is 5.62. The molecule has 0 spiro atoms. The quantitative estimate of drug-likeness (QED) is 0.818.